The second kappa shape index (κ2) is 24.7. The van der Waals surface area contributed by atoms with E-state index in [0.717, 1.165) is 30.6 Å². The van der Waals surface area contributed by atoms with Gasteiger partial charge in [-0.2, -0.15) is 0 Å². The van der Waals surface area contributed by atoms with E-state index in [-0.39, 0.29) is 32.2 Å². The maximum absolute atomic E-state index is 13.6. The molecule has 3 amide bonds. The Labute approximate surface area is 279 Å². The minimum absolute atomic E-state index is 0.00812. The van der Waals surface area contributed by atoms with E-state index < -0.39 is 79.5 Å². The Morgan fingerprint density at radius 2 is 1.36 bits per heavy atom. The van der Waals surface area contributed by atoms with Gasteiger partial charge in [0, 0.05) is 25.9 Å². The third-order valence-electron chi connectivity index (χ3n) is 8.58. The van der Waals surface area contributed by atoms with Crippen LogP contribution in [0.25, 0.3) is 0 Å². The Bertz CT molecular complexity index is 909. The van der Waals surface area contributed by atoms with E-state index in [9.17, 15) is 44.7 Å². The predicted molar refractivity (Wildman–Crippen MR) is 174 cm³/mol. The summed E-state index contributed by atoms with van der Waals surface area (Å²) >= 11 is 0. The summed E-state index contributed by atoms with van der Waals surface area (Å²) in [4.78, 5) is 50.8. The molecule has 0 aromatic carbocycles. The number of carbonyl (C=O) groups excluding carboxylic acids is 3. The molecule has 274 valence electrons. The molecule has 47 heavy (non-hydrogen) atoms. The second-order valence-corrected chi connectivity index (χ2v) is 12.7. The number of aliphatic carboxylic acids is 1. The van der Waals surface area contributed by atoms with Crippen LogP contribution in [0.15, 0.2) is 0 Å². The Morgan fingerprint density at radius 3 is 1.91 bits per heavy atom. The lowest BCUT2D eigenvalue weighted by atomic mass is 9.94. The summed E-state index contributed by atoms with van der Waals surface area (Å²) in [5, 5.41) is 64.5. The molecule has 1 saturated heterocycles. The molecule has 14 heteroatoms. The van der Waals surface area contributed by atoms with Crippen molar-refractivity contribution in [2.24, 2.45) is 0 Å². The molecule has 0 radical (unpaired) electrons. The lowest BCUT2D eigenvalue weighted by Gasteiger charge is -2.40. The number of hydrogen-bond donors (Lipinski definition) is 8. The Kier molecular flexibility index (Phi) is 22.5. The van der Waals surface area contributed by atoms with Gasteiger partial charge in [0.2, 0.25) is 17.7 Å². The Morgan fingerprint density at radius 1 is 0.787 bits per heavy atom. The van der Waals surface area contributed by atoms with Crippen LogP contribution in [0.2, 0.25) is 0 Å². The molecule has 0 saturated carbocycles. The van der Waals surface area contributed by atoms with Gasteiger partial charge >= 0.3 is 5.97 Å². The number of amides is 3. The summed E-state index contributed by atoms with van der Waals surface area (Å²) < 4.78 is 5.62. The molecular weight excluding hydrogens is 614 g/mol. The van der Waals surface area contributed by atoms with E-state index in [0.29, 0.717) is 6.54 Å². The fourth-order valence-electron chi connectivity index (χ4n) is 5.62. The summed E-state index contributed by atoms with van der Waals surface area (Å²) in [6, 6.07) is -1.63. The van der Waals surface area contributed by atoms with E-state index in [1.165, 1.54) is 58.3 Å². The largest absolute Gasteiger partial charge is 0.481 e. The van der Waals surface area contributed by atoms with Gasteiger partial charge < -0.3 is 50.9 Å². The van der Waals surface area contributed by atoms with Crippen molar-refractivity contribution < 1.29 is 54.6 Å². The molecule has 0 unspecified atom stereocenters. The van der Waals surface area contributed by atoms with Crippen molar-refractivity contribution in [1.82, 2.24) is 15.5 Å². The van der Waals surface area contributed by atoms with Crippen LogP contribution >= 0.6 is 0 Å². The van der Waals surface area contributed by atoms with Crippen LogP contribution in [0.1, 0.15) is 117 Å². The molecule has 0 aliphatic carbocycles. The fourth-order valence-corrected chi connectivity index (χ4v) is 5.62. The van der Waals surface area contributed by atoms with Gasteiger partial charge in [0.1, 0.15) is 30.5 Å². The third-order valence-corrected chi connectivity index (χ3v) is 8.58. The molecule has 8 N–H and O–H groups in total. The zero-order chi connectivity index (χ0) is 35.2. The summed E-state index contributed by atoms with van der Waals surface area (Å²) in [6.45, 7) is 2.61. The molecular formula is C33H61N3O11. The molecule has 0 aromatic heterocycles. The quantitative estimate of drug-likeness (QED) is 0.0603. The highest BCUT2D eigenvalue weighted by Gasteiger charge is 2.42. The van der Waals surface area contributed by atoms with Crippen molar-refractivity contribution in [3.63, 3.8) is 0 Å². The van der Waals surface area contributed by atoms with Gasteiger partial charge in [-0.15, -0.1) is 0 Å². The number of carboxylic acids is 1. The van der Waals surface area contributed by atoms with E-state index in [2.05, 4.69) is 17.6 Å². The molecule has 14 nitrogen and oxygen atoms in total. The SMILES string of the molecule is CCCCCCCCCCCCCCNC(=O)CN(CC[C@@H]1O[C@@H](C)[C@@H](O)[C@@H](O)[C@@H]1O)C(=O)[C@@H](NC(=O)CCCC(=O)O)[C@@H](O)CO. The number of nitrogens with zero attached hydrogens (tertiary/aromatic N) is 1. The highest BCUT2D eigenvalue weighted by atomic mass is 16.5. The highest BCUT2D eigenvalue weighted by molar-refractivity contribution is 5.91. The first kappa shape index (κ1) is 42.7. The lowest BCUT2D eigenvalue weighted by molar-refractivity contribution is -0.218. The monoisotopic (exact) mass is 675 g/mol. The van der Waals surface area contributed by atoms with Crippen LogP contribution in [0, 0.1) is 0 Å². The number of aliphatic hydroxyl groups is 5. The smallest absolute Gasteiger partial charge is 0.303 e. The standard InChI is InChI=1S/C33H61N3O11/c1-3-4-5-6-7-8-9-10-11-12-13-14-19-34-27(40)21-36(20-18-25-31(44)32(45)30(43)23(2)47-25)33(46)29(24(38)22-37)35-26(39)16-15-17-28(41)42/h23-25,29-32,37-38,43-45H,3-22H2,1-2H3,(H,34,40)(H,35,39)(H,41,42)/t23-,24-,25-,29-,30+,31+,32+/m0/s1. The average molecular weight is 676 g/mol. The van der Waals surface area contributed by atoms with Crippen molar-refractivity contribution in [3.8, 4) is 0 Å². The van der Waals surface area contributed by atoms with Gasteiger partial charge in [0.25, 0.3) is 0 Å². The van der Waals surface area contributed by atoms with Crippen molar-refractivity contribution in [2.45, 2.75) is 159 Å². The Hall–Kier alpha value is -2.36. The predicted octanol–water partition coefficient (Wildman–Crippen LogP) is 0.985. The topological polar surface area (TPSA) is 226 Å². The maximum atomic E-state index is 13.6. The number of unbranched alkanes of at least 4 members (excludes halogenated alkanes) is 11. The minimum Gasteiger partial charge on any atom is -0.481 e. The third kappa shape index (κ3) is 17.6. The molecule has 1 fully saturated rings. The van der Waals surface area contributed by atoms with Gasteiger partial charge in [-0.25, -0.2) is 0 Å². The van der Waals surface area contributed by atoms with E-state index >= 15 is 0 Å². The average Bonchev–Trinajstić information content (AvgIpc) is 3.04. The number of rotatable bonds is 26. The second-order valence-electron chi connectivity index (χ2n) is 12.7. The summed E-state index contributed by atoms with van der Waals surface area (Å²) in [5.74, 6) is -3.18. The minimum atomic E-state index is -1.72. The summed E-state index contributed by atoms with van der Waals surface area (Å²) in [5.41, 5.74) is 0. The molecule has 1 aliphatic rings. The lowest BCUT2D eigenvalue weighted by Crippen LogP contribution is -2.59. The number of nitrogens with one attached hydrogen (secondary N) is 2. The van der Waals surface area contributed by atoms with Crippen molar-refractivity contribution in [3.05, 3.63) is 0 Å². The Balaban J connectivity index is 2.73. The van der Waals surface area contributed by atoms with Crippen molar-refractivity contribution in [2.75, 3.05) is 26.2 Å². The number of hydrogen-bond acceptors (Lipinski definition) is 10. The molecule has 0 bridgehead atoms. The van der Waals surface area contributed by atoms with Crippen LogP contribution in [-0.2, 0) is 23.9 Å². The van der Waals surface area contributed by atoms with E-state index in [4.69, 9.17) is 9.84 Å². The van der Waals surface area contributed by atoms with Gasteiger partial charge in [-0.3, -0.25) is 19.2 Å². The fraction of sp³-hybridized carbons (Fsp3) is 0.879. The van der Waals surface area contributed by atoms with E-state index in [1.807, 2.05) is 0 Å². The summed E-state index contributed by atoms with van der Waals surface area (Å²) in [6.07, 6.45) is 5.73. The zero-order valence-corrected chi connectivity index (χ0v) is 28.4. The van der Waals surface area contributed by atoms with Gasteiger partial charge in [-0.1, -0.05) is 77.6 Å². The zero-order valence-electron chi connectivity index (χ0n) is 28.4. The van der Waals surface area contributed by atoms with Gasteiger partial charge in [0.15, 0.2) is 0 Å². The first-order valence-corrected chi connectivity index (χ1v) is 17.5. The molecule has 7 atom stereocenters. The number of carboxylic acid groups (broad SMARTS) is 1. The highest BCUT2D eigenvalue weighted by Crippen LogP contribution is 2.23. The van der Waals surface area contributed by atoms with Crippen molar-refractivity contribution >= 4 is 23.7 Å². The van der Waals surface area contributed by atoms with Gasteiger partial charge in [-0.05, 0) is 26.2 Å². The number of ether oxygens (including phenoxy) is 1. The molecule has 1 aliphatic heterocycles. The maximum Gasteiger partial charge on any atom is 0.303 e. The van der Waals surface area contributed by atoms with Crippen LogP contribution in [0.3, 0.4) is 0 Å². The number of aliphatic hydroxyl groups excluding tert-OH is 5. The van der Waals surface area contributed by atoms with Crippen molar-refractivity contribution in [1.29, 1.82) is 0 Å². The van der Waals surface area contributed by atoms with Crippen LogP contribution in [0.4, 0.5) is 0 Å². The van der Waals surface area contributed by atoms with E-state index in [1.54, 1.807) is 0 Å². The van der Waals surface area contributed by atoms with Crippen LogP contribution < -0.4 is 10.6 Å². The number of carbonyl (C=O) groups is 4. The summed E-state index contributed by atoms with van der Waals surface area (Å²) in [7, 11) is 0. The first-order chi connectivity index (χ1) is 22.4. The van der Waals surface area contributed by atoms with Crippen LogP contribution in [0.5, 0.6) is 0 Å². The molecule has 1 rings (SSSR count). The van der Waals surface area contributed by atoms with Gasteiger partial charge in [0.05, 0.1) is 25.4 Å². The first-order valence-electron chi connectivity index (χ1n) is 17.5. The molecule has 0 aromatic rings. The van der Waals surface area contributed by atoms with Crippen LogP contribution in [-0.4, -0.2) is 128 Å². The molecule has 1 heterocycles. The normalized spacial score (nSPS) is 22.3. The molecule has 0 spiro atoms.